The third-order valence-corrected chi connectivity index (χ3v) is 2.67. The minimum Gasteiger partial charge on any atom is -0.406 e. The van der Waals surface area contributed by atoms with Crippen LogP contribution in [-0.4, -0.2) is 20.5 Å². The van der Waals surface area contributed by atoms with Crippen LogP contribution in [0.2, 0.25) is 0 Å². The molecule has 0 saturated heterocycles. The predicted octanol–water partition coefficient (Wildman–Crippen LogP) is 1.85. The molecule has 0 radical (unpaired) electrons. The van der Waals surface area contributed by atoms with Gasteiger partial charge in [-0.3, -0.25) is 4.72 Å². The van der Waals surface area contributed by atoms with E-state index in [9.17, 15) is 21.6 Å². The van der Waals surface area contributed by atoms with E-state index in [2.05, 4.69) is 4.74 Å². The summed E-state index contributed by atoms with van der Waals surface area (Å²) in [7, 11) is -3.81. The molecule has 98 valence electrons. The average molecular weight is 280 g/mol. The van der Waals surface area contributed by atoms with E-state index in [0.29, 0.717) is 0 Å². The van der Waals surface area contributed by atoms with Gasteiger partial charge in [-0.2, -0.15) is 5.26 Å². The summed E-state index contributed by atoms with van der Waals surface area (Å²) < 4.78 is 63.5. The van der Waals surface area contributed by atoms with Crippen LogP contribution in [0.3, 0.4) is 0 Å². The SMILES string of the molecule is N#CCS(=O)(=O)Nc1ccc(OC(F)(F)F)cc1. The van der Waals surface area contributed by atoms with E-state index in [0.717, 1.165) is 24.3 Å². The van der Waals surface area contributed by atoms with E-state index in [1.165, 1.54) is 6.07 Å². The van der Waals surface area contributed by atoms with Gasteiger partial charge in [-0.25, -0.2) is 8.42 Å². The molecule has 1 aromatic carbocycles. The number of sulfonamides is 1. The van der Waals surface area contributed by atoms with Gasteiger partial charge in [-0.05, 0) is 24.3 Å². The fraction of sp³-hybridized carbons (Fsp3) is 0.222. The van der Waals surface area contributed by atoms with Crippen molar-refractivity contribution in [2.45, 2.75) is 6.36 Å². The maximum Gasteiger partial charge on any atom is 0.573 e. The van der Waals surface area contributed by atoms with Gasteiger partial charge in [0.15, 0.2) is 5.75 Å². The summed E-state index contributed by atoms with van der Waals surface area (Å²) in [5, 5.41) is 8.24. The lowest BCUT2D eigenvalue weighted by molar-refractivity contribution is -0.274. The first kappa shape index (κ1) is 14.1. The van der Waals surface area contributed by atoms with Gasteiger partial charge < -0.3 is 4.74 Å². The second kappa shape index (κ2) is 5.14. The molecule has 0 aliphatic carbocycles. The lowest BCUT2D eigenvalue weighted by atomic mass is 10.3. The first-order chi connectivity index (χ1) is 8.22. The Bertz CT molecular complexity index is 546. The molecule has 0 aliphatic rings. The molecule has 0 aliphatic heterocycles. The van der Waals surface area contributed by atoms with Gasteiger partial charge in [-0.15, -0.1) is 13.2 Å². The van der Waals surface area contributed by atoms with Gasteiger partial charge in [0.25, 0.3) is 0 Å². The summed E-state index contributed by atoms with van der Waals surface area (Å²) in [5.74, 6) is -1.21. The Morgan fingerprint density at radius 1 is 1.28 bits per heavy atom. The van der Waals surface area contributed by atoms with Crippen LogP contribution in [0, 0.1) is 11.3 Å². The fourth-order valence-electron chi connectivity index (χ4n) is 1.03. The van der Waals surface area contributed by atoms with Gasteiger partial charge in [-0.1, -0.05) is 0 Å². The topological polar surface area (TPSA) is 79.2 Å². The number of halogens is 3. The molecule has 1 rings (SSSR count). The number of nitrogens with zero attached hydrogens (tertiary/aromatic N) is 1. The highest BCUT2D eigenvalue weighted by Crippen LogP contribution is 2.24. The van der Waals surface area contributed by atoms with E-state index < -0.39 is 27.9 Å². The Labute approximate surface area is 101 Å². The molecule has 0 saturated carbocycles. The van der Waals surface area contributed by atoms with Crippen molar-refractivity contribution in [2.75, 3.05) is 10.5 Å². The maximum atomic E-state index is 11.8. The van der Waals surface area contributed by atoms with Crippen molar-refractivity contribution < 1.29 is 26.3 Å². The number of nitrogens with one attached hydrogen (secondary N) is 1. The number of hydrogen-bond donors (Lipinski definition) is 1. The quantitative estimate of drug-likeness (QED) is 0.912. The van der Waals surface area contributed by atoms with Gasteiger partial charge in [0, 0.05) is 5.69 Å². The molecule has 0 atom stereocenters. The van der Waals surface area contributed by atoms with Crippen molar-refractivity contribution in [3.63, 3.8) is 0 Å². The zero-order valence-corrected chi connectivity index (χ0v) is 9.55. The van der Waals surface area contributed by atoms with Crippen LogP contribution in [0.5, 0.6) is 5.75 Å². The normalized spacial score (nSPS) is 11.7. The lowest BCUT2D eigenvalue weighted by Gasteiger charge is -2.09. The summed E-state index contributed by atoms with van der Waals surface area (Å²) in [6.45, 7) is 0. The predicted molar refractivity (Wildman–Crippen MR) is 56.1 cm³/mol. The molecule has 1 aromatic rings. The van der Waals surface area contributed by atoms with Crippen LogP contribution in [-0.2, 0) is 10.0 Å². The van der Waals surface area contributed by atoms with Gasteiger partial charge >= 0.3 is 6.36 Å². The Morgan fingerprint density at radius 3 is 2.28 bits per heavy atom. The van der Waals surface area contributed by atoms with E-state index in [1.807, 2.05) is 4.72 Å². The van der Waals surface area contributed by atoms with Crippen molar-refractivity contribution >= 4 is 15.7 Å². The molecule has 0 aromatic heterocycles. The van der Waals surface area contributed by atoms with E-state index in [4.69, 9.17) is 5.26 Å². The van der Waals surface area contributed by atoms with Crippen LogP contribution < -0.4 is 9.46 Å². The first-order valence-corrected chi connectivity index (χ1v) is 6.10. The molecule has 5 nitrogen and oxygen atoms in total. The summed E-state index contributed by atoms with van der Waals surface area (Å²) in [6, 6.07) is 5.55. The molecule has 0 heterocycles. The molecule has 0 unspecified atom stereocenters. The highest BCUT2D eigenvalue weighted by molar-refractivity contribution is 7.92. The summed E-state index contributed by atoms with van der Waals surface area (Å²) in [4.78, 5) is 0. The molecule has 0 spiro atoms. The minimum atomic E-state index is -4.80. The summed E-state index contributed by atoms with van der Waals surface area (Å²) in [5.41, 5.74) is 0.0415. The molecule has 0 amide bonds. The van der Waals surface area contributed by atoms with E-state index in [-0.39, 0.29) is 5.69 Å². The number of benzene rings is 1. The summed E-state index contributed by atoms with van der Waals surface area (Å²) >= 11 is 0. The largest absolute Gasteiger partial charge is 0.573 e. The molecule has 0 fully saturated rings. The Morgan fingerprint density at radius 2 is 1.83 bits per heavy atom. The second-order valence-electron chi connectivity index (χ2n) is 3.09. The number of rotatable bonds is 4. The molecule has 9 heteroatoms. The lowest BCUT2D eigenvalue weighted by Crippen LogP contribution is -2.17. The Kier molecular flexibility index (Phi) is 4.03. The highest BCUT2D eigenvalue weighted by Gasteiger charge is 2.30. The van der Waals surface area contributed by atoms with E-state index in [1.54, 1.807) is 0 Å². The van der Waals surface area contributed by atoms with Crippen LogP contribution in [0.25, 0.3) is 0 Å². The molecule has 0 bridgehead atoms. The van der Waals surface area contributed by atoms with Crippen molar-refractivity contribution in [3.05, 3.63) is 24.3 Å². The Hall–Kier alpha value is -1.95. The molecular weight excluding hydrogens is 273 g/mol. The number of anilines is 1. The Balaban J connectivity index is 2.76. The number of nitriles is 1. The summed E-state index contributed by atoms with van der Waals surface area (Å²) in [6.07, 6.45) is -4.80. The smallest absolute Gasteiger partial charge is 0.406 e. The van der Waals surface area contributed by atoms with Crippen LogP contribution in [0.15, 0.2) is 24.3 Å². The zero-order chi connectivity index (χ0) is 13.8. The highest BCUT2D eigenvalue weighted by atomic mass is 32.2. The molecule has 18 heavy (non-hydrogen) atoms. The number of alkyl halides is 3. The van der Waals surface area contributed by atoms with Crippen LogP contribution in [0.4, 0.5) is 18.9 Å². The van der Waals surface area contributed by atoms with Crippen molar-refractivity contribution in [1.29, 1.82) is 5.26 Å². The first-order valence-electron chi connectivity index (χ1n) is 4.45. The average Bonchev–Trinajstić information content (AvgIpc) is 2.18. The monoisotopic (exact) mass is 280 g/mol. The molecule has 1 N–H and O–H groups in total. The second-order valence-corrected chi connectivity index (χ2v) is 4.81. The standard InChI is InChI=1S/C9H7F3N2O3S/c10-9(11,12)17-8-3-1-7(2-4-8)14-18(15,16)6-5-13/h1-4,14H,6H2. The van der Waals surface area contributed by atoms with Gasteiger partial charge in [0.1, 0.15) is 5.75 Å². The van der Waals surface area contributed by atoms with Gasteiger partial charge in [0.05, 0.1) is 6.07 Å². The van der Waals surface area contributed by atoms with Gasteiger partial charge in [0.2, 0.25) is 10.0 Å². The molecular formula is C9H7F3N2O3S. The number of hydrogen-bond acceptors (Lipinski definition) is 4. The van der Waals surface area contributed by atoms with Crippen LogP contribution in [0.1, 0.15) is 0 Å². The third-order valence-electron chi connectivity index (χ3n) is 1.62. The fourth-order valence-corrected chi connectivity index (χ4v) is 1.76. The third kappa shape index (κ3) is 4.92. The van der Waals surface area contributed by atoms with Crippen LogP contribution >= 0.6 is 0 Å². The minimum absolute atomic E-state index is 0.0415. The zero-order valence-electron chi connectivity index (χ0n) is 8.73. The van der Waals surface area contributed by atoms with Crippen molar-refractivity contribution in [3.8, 4) is 11.8 Å². The number of ether oxygens (including phenoxy) is 1. The van der Waals surface area contributed by atoms with E-state index >= 15 is 0 Å². The van der Waals surface area contributed by atoms with Crippen molar-refractivity contribution in [1.82, 2.24) is 0 Å². The maximum absolute atomic E-state index is 11.8. The van der Waals surface area contributed by atoms with Crippen molar-refractivity contribution in [2.24, 2.45) is 0 Å².